The third kappa shape index (κ3) is 3.82. The number of benzene rings is 2. The zero-order valence-corrected chi connectivity index (χ0v) is 21.2. The van der Waals surface area contributed by atoms with Gasteiger partial charge in [0.2, 0.25) is 0 Å². The Morgan fingerprint density at radius 3 is 2.86 bits per heavy atom. The fourth-order valence-corrected chi connectivity index (χ4v) is 6.83. The van der Waals surface area contributed by atoms with Crippen molar-refractivity contribution in [3.8, 4) is 17.2 Å². The summed E-state index contributed by atoms with van der Waals surface area (Å²) in [6.45, 7) is 2.87. The molecule has 4 aliphatic rings. The first-order valence-corrected chi connectivity index (χ1v) is 13.2. The largest absolute Gasteiger partial charge is 0.497 e. The molecule has 1 N–H and O–H groups in total. The highest BCUT2D eigenvalue weighted by Crippen LogP contribution is 2.55. The summed E-state index contributed by atoms with van der Waals surface area (Å²) in [7, 11) is 3.36. The minimum Gasteiger partial charge on any atom is -0.497 e. The maximum atomic E-state index is 12.9. The SMILES string of the molecule is COc1ccc2c(c1)CC(CCCCN1CC[C@@]34C=C[C@H](O)C[C@@H]3Oc3c(OC)ccc(c34)C1)C2=O. The molecule has 190 valence electrons. The molecular formula is C30H35NO5. The Morgan fingerprint density at radius 2 is 2.03 bits per heavy atom. The van der Waals surface area contributed by atoms with Gasteiger partial charge in [0.1, 0.15) is 11.9 Å². The number of unbranched alkanes of at least 4 members (excludes halogenated alkanes) is 1. The maximum absolute atomic E-state index is 12.9. The number of carbonyl (C=O) groups is 1. The lowest BCUT2D eigenvalue weighted by Gasteiger charge is -2.36. The number of aliphatic hydroxyl groups excluding tert-OH is 1. The second-order valence-corrected chi connectivity index (χ2v) is 10.8. The lowest BCUT2D eigenvalue weighted by molar-refractivity contribution is 0.0809. The molecule has 36 heavy (non-hydrogen) atoms. The van der Waals surface area contributed by atoms with Gasteiger partial charge in [-0.2, -0.15) is 0 Å². The van der Waals surface area contributed by atoms with Gasteiger partial charge in [-0.3, -0.25) is 9.69 Å². The summed E-state index contributed by atoms with van der Waals surface area (Å²) in [5.41, 5.74) is 4.35. The number of carbonyl (C=O) groups excluding carboxylic acids is 1. The summed E-state index contributed by atoms with van der Waals surface area (Å²) >= 11 is 0. The third-order valence-electron chi connectivity index (χ3n) is 8.73. The number of fused-ring (bicyclic) bond motifs is 1. The molecule has 2 aliphatic heterocycles. The van der Waals surface area contributed by atoms with Crippen LogP contribution in [0.25, 0.3) is 0 Å². The molecule has 0 saturated carbocycles. The van der Waals surface area contributed by atoms with Gasteiger partial charge in [0.15, 0.2) is 17.3 Å². The zero-order chi connectivity index (χ0) is 24.9. The molecule has 0 radical (unpaired) electrons. The smallest absolute Gasteiger partial charge is 0.166 e. The molecule has 2 aliphatic carbocycles. The predicted molar refractivity (Wildman–Crippen MR) is 137 cm³/mol. The normalized spacial score (nSPS) is 28.2. The van der Waals surface area contributed by atoms with E-state index in [0.29, 0.717) is 12.2 Å². The van der Waals surface area contributed by atoms with Gasteiger partial charge in [0.25, 0.3) is 0 Å². The van der Waals surface area contributed by atoms with Crippen LogP contribution in [0.4, 0.5) is 0 Å². The number of Topliss-reactive ketones (excluding diaryl/α,β-unsaturated/α-hetero) is 1. The standard InChI is InChI=1S/C30H35NO5/c1-34-23-7-8-24-21(16-23)15-19(28(24)33)5-3-4-13-31-14-12-30-11-10-22(32)17-26(30)36-29-25(35-2)9-6-20(18-31)27(29)30/h6-11,16,19,22,26,32H,3-5,12-15,17-18H2,1-2H3/t19?,22-,26-,30-/m0/s1. The summed E-state index contributed by atoms with van der Waals surface area (Å²) in [4.78, 5) is 15.4. The van der Waals surface area contributed by atoms with Gasteiger partial charge in [0.05, 0.1) is 25.7 Å². The van der Waals surface area contributed by atoms with Crippen molar-refractivity contribution in [3.63, 3.8) is 0 Å². The second-order valence-electron chi connectivity index (χ2n) is 10.8. The maximum Gasteiger partial charge on any atom is 0.166 e. The van der Waals surface area contributed by atoms with Gasteiger partial charge < -0.3 is 19.3 Å². The van der Waals surface area contributed by atoms with Gasteiger partial charge in [0, 0.05) is 30.0 Å². The van der Waals surface area contributed by atoms with E-state index >= 15 is 0 Å². The van der Waals surface area contributed by atoms with Crippen LogP contribution in [0.2, 0.25) is 0 Å². The second kappa shape index (κ2) is 9.24. The van der Waals surface area contributed by atoms with E-state index in [1.165, 1.54) is 11.1 Å². The first-order valence-electron chi connectivity index (χ1n) is 13.2. The van der Waals surface area contributed by atoms with Gasteiger partial charge in [-0.25, -0.2) is 0 Å². The van der Waals surface area contributed by atoms with Crippen LogP contribution in [0, 0.1) is 5.92 Å². The van der Waals surface area contributed by atoms with Gasteiger partial charge in [-0.15, -0.1) is 0 Å². The molecule has 1 spiro atoms. The van der Waals surface area contributed by atoms with Crippen molar-refractivity contribution in [2.45, 2.75) is 62.7 Å². The van der Waals surface area contributed by atoms with E-state index in [-0.39, 0.29) is 17.4 Å². The topological polar surface area (TPSA) is 68.2 Å². The Morgan fingerprint density at radius 1 is 1.14 bits per heavy atom. The predicted octanol–water partition coefficient (Wildman–Crippen LogP) is 4.45. The minimum atomic E-state index is -0.464. The van der Waals surface area contributed by atoms with Gasteiger partial charge in [-0.05, 0) is 74.2 Å². The van der Waals surface area contributed by atoms with E-state index in [9.17, 15) is 9.90 Å². The van der Waals surface area contributed by atoms with Crippen LogP contribution in [0.15, 0.2) is 42.5 Å². The van der Waals surface area contributed by atoms with Crippen LogP contribution >= 0.6 is 0 Å². The molecule has 0 amide bonds. The highest BCUT2D eigenvalue weighted by Gasteiger charge is 2.52. The molecule has 4 atom stereocenters. The van der Waals surface area contributed by atoms with Gasteiger partial charge >= 0.3 is 0 Å². The molecule has 2 heterocycles. The third-order valence-corrected chi connectivity index (χ3v) is 8.73. The number of ether oxygens (including phenoxy) is 3. The quantitative estimate of drug-likeness (QED) is 0.458. The van der Waals surface area contributed by atoms with E-state index in [1.54, 1.807) is 14.2 Å². The number of hydrogen-bond donors (Lipinski definition) is 1. The summed E-state index contributed by atoms with van der Waals surface area (Å²) in [6, 6.07) is 10.0. The van der Waals surface area contributed by atoms with Gasteiger partial charge in [-0.1, -0.05) is 24.6 Å². The summed E-state index contributed by atoms with van der Waals surface area (Å²) in [5.74, 6) is 2.84. The van der Waals surface area contributed by atoms with Crippen LogP contribution in [0.3, 0.4) is 0 Å². The van der Waals surface area contributed by atoms with Crippen LogP contribution in [0.1, 0.15) is 59.2 Å². The average molecular weight is 490 g/mol. The Balaban J connectivity index is 1.11. The fourth-order valence-electron chi connectivity index (χ4n) is 6.83. The minimum absolute atomic E-state index is 0.0591. The summed E-state index contributed by atoms with van der Waals surface area (Å²) < 4.78 is 17.4. The number of ketones is 1. The fraction of sp³-hybridized carbons (Fsp3) is 0.500. The molecule has 6 heteroatoms. The Kier molecular flexibility index (Phi) is 6.05. The average Bonchev–Trinajstić information content (AvgIpc) is 3.33. The molecule has 2 aromatic rings. The van der Waals surface area contributed by atoms with Crippen LogP contribution in [-0.2, 0) is 18.4 Å². The lowest BCUT2D eigenvalue weighted by Crippen LogP contribution is -2.43. The van der Waals surface area contributed by atoms with E-state index in [4.69, 9.17) is 14.2 Å². The number of aliphatic hydroxyl groups is 1. The Labute approximate surface area is 212 Å². The van der Waals surface area contributed by atoms with Crippen molar-refractivity contribution < 1.29 is 24.1 Å². The highest BCUT2D eigenvalue weighted by atomic mass is 16.5. The molecule has 0 aromatic heterocycles. The molecular weight excluding hydrogens is 454 g/mol. The van der Waals surface area contributed by atoms with Crippen molar-refractivity contribution in [3.05, 3.63) is 64.7 Å². The molecule has 1 unspecified atom stereocenters. The van der Waals surface area contributed by atoms with E-state index in [1.807, 2.05) is 30.3 Å². The lowest BCUT2D eigenvalue weighted by atomic mass is 9.69. The highest BCUT2D eigenvalue weighted by molar-refractivity contribution is 6.02. The van der Waals surface area contributed by atoms with E-state index in [2.05, 4.69) is 17.0 Å². The first kappa shape index (κ1) is 23.6. The van der Waals surface area contributed by atoms with E-state index in [0.717, 1.165) is 80.1 Å². The van der Waals surface area contributed by atoms with Crippen LogP contribution in [-0.4, -0.2) is 55.3 Å². The summed E-state index contributed by atoms with van der Waals surface area (Å²) in [5, 5.41) is 10.3. The van der Waals surface area contributed by atoms with Crippen LogP contribution in [0.5, 0.6) is 17.2 Å². The number of hydrogen-bond acceptors (Lipinski definition) is 6. The van der Waals surface area contributed by atoms with Crippen molar-refractivity contribution >= 4 is 5.78 Å². The van der Waals surface area contributed by atoms with Crippen molar-refractivity contribution in [1.82, 2.24) is 4.90 Å². The molecule has 2 aromatic carbocycles. The van der Waals surface area contributed by atoms with E-state index < -0.39 is 6.10 Å². The first-order chi connectivity index (χ1) is 17.5. The van der Waals surface area contributed by atoms with Crippen LogP contribution < -0.4 is 14.2 Å². The molecule has 6 rings (SSSR count). The number of nitrogens with zero attached hydrogens (tertiary/aromatic N) is 1. The monoisotopic (exact) mass is 489 g/mol. The zero-order valence-electron chi connectivity index (χ0n) is 21.2. The van der Waals surface area contributed by atoms with Crippen molar-refractivity contribution in [1.29, 1.82) is 0 Å². The molecule has 0 saturated heterocycles. The summed E-state index contributed by atoms with van der Waals surface area (Å²) in [6.07, 6.45) is 9.07. The number of rotatable bonds is 7. The molecule has 0 fully saturated rings. The Hall–Kier alpha value is -2.83. The molecule has 0 bridgehead atoms. The Bertz CT molecular complexity index is 1210. The molecule has 6 nitrogen and oxygen atoms in total. The van der Waals surface area contributed by atoms with Crippen molar-refractivity contribution in [2.75, 3.05) is 27.3 Å². The number of methoxy groups -OCH3 is 2. The van der Waals surface area contributed by atoms with Crippen molar-refractivity contribution in [2.24, 2.45) is 5.92 Å².